The number of aromatic nitrogens is 1. The molecule has 12 rings (SSSR count). The van der Waals surface area contributed by atoms with E-state index < -0.39 is 0 Å². The maximum absolute atomic E-state index is 2.42. The number of fused-ring (bicyclic) bond motifs is 7. The zero-order valence-electron chi connectivity index (χ0n) is 32.3. The van der Waals surface area contributed by atoms with Crippen molar-refractivity contribution in [1.82, 2.24) is 4.57 Å². The highest BCUT2D eigenvalue weighted by atomic mass is 15.0. The van der Waals surface area contributed by atoms with E-state index in [1.54, 1.807) is 0 Å². The van der Waals surface area contributed by atoms with E-state index in [1.165, 1.54) is 115 Å². The number of hydrogen-bond donors (Lipinski definition) is 0. The van der Waals surface area contributed by atoms with Crippen molar-refractivity contribution >= 4 is 64.9 Å². The molecule has 0 fully saturated rings. The lowest BCUT2D eigenvalue weighted by molar-refractivity contribution is 1.19. The Kier molecular flexibility index (Phi) is 7.61. The molecule has 0 aliphatic heterocycles. The van der Waals surface area contributed by atoms with Gasteiger partial charge < -0.3 is 4.57 Å². The fraction of sp³-hybridized carbons (Fsp3) is 0. The molecule has 0 aliphatic carbocycles. The van der Waals surface area contributed by atoms with E-state index in [-0.39, 0.29) is 0 Å². The van der Waals surface area contributed by atoms with Gasteiger partial charge in [0.05, 0.1) is 11.0 Å². The summed E-state index contributed by atoms with van der Waals surface area (Å²) in [7, 11) is 0. The van der Waals surface area contributed by atoms with Crippen molar-refractivity contribution in [1.29, 1.82) is 0 Å². The lowest BCUT2D eigenvalue weighted by atomic mass is 9.95. The summed E-state index contributed by atoms with van der Waals surface area (Å²) in [5.74, 6) is 0. The predicted molar refractivity (Wildman–Crippen MR) is 253 cm³/mol. The van der Waals surface area contributed by atoms with Gasteiger partial charge in [-0.3, -0.25) is 0 Å². The minimum Gasteiger partial charge on any atom is -0.309 e. The largest absolute Gasteiger partial charge is 0.309 e. The third-order valence-corrected chi connectivity index (χ3v) is 12.3. The number of para-hydroxylation sites is 1. The van der Waals surface area contributed by atoms with Gasteiger partial charge in [0, 0.05) is 16.5 Å². The van der Waals surface area contributed by atoms with E-state index in [9.17, 15) is 0 Å². The Hall–Kier alpha value is -7.74. The Bertz CT molecular complexity index is 3600. The molecule has 0 saturated carbocycles. The summed E-state index contributed by atoms with van der Waals surface area (Å²) >= 11 is 0. The molecule has 1 heterocycles. The van der Waals surface area contributed by atoms with Crippen LogP contribution in [-0.2, 0) is 0 Å². The van der Waals surface area contributed by atoms with Crippen LogP contribution < -0.4 is 0 Å². The fourth-order valence-corrected chi connectivity index (χ4v) is 9.18. The molecule has 0 unspecified atom stereocenters. The van der Waals surface area contributed by atoms with Crippen molar-refractivity contribution in [3.05, 3.63) is 224 Å². The molecule has 0 amide bonds. The highest BCUT2D eigenvalue weighted by molar-refractivity contribution is 6.11. The highest BCUT2D eigenvalue weighted by Gasteiger charge is 2.14. The van der Waals surface area contributed by atoms with E-state index in [1.807, 2.05) is 0 Å². The number of benzene rings is 11. The maximum Gasteiger partial charge on any atom is 0.0541 e. The lowest BCUT2D eigenvalue weighted by Crippen LogP contribution is -1.94. The maximum atomic E-state index is 2.42. The van der Waals surface area contributed by atoms with Crippen molar-refractivity contribution in [3.8, 4) is 50.2 Å². The smallest absolute Gasteiger partial charge is 0.0541 e. The first-order valence-electron chi connectivity index (χ1n) is 20.4. The van der Waals surface area contributed by atoms with Crippen LogP contribution in [0.2, 0.25) is 0 Å². The molecule has 1 aromatic heterocycles. The van der Waals surface area contributed by atoms with E-state index >= 15 is 0 Å². The third kappa shape index (κ3) is 5.78. The standard InChI is InChI=1S/C58H37N/c1-3-9-42-31-45(19-17-38(42)7-1)49-24-23-47-33-44(21-22-48(47)34-49)40-13-15-41(16-14-40)53-28-30-58-56(37-53)55-11-5-6-12-57(55)59(58)54-29-27-51-35-50(25-26-52(51)36-54)46-20-18-39-8-2-4-10-43(39)32-46/h1-37H. The Balaban J connectivity index is 0.848. The van der Waals surface area contributed by atoms with E-state index in [2.05, 4.69) is 229 Å². The van der Waals surface area contributed by atoms with Gasteiger partial charge in [0.15, 0.2) is 0 Å². The summed E-state index contributed by atoms with van der Waals surface area (Å²) in [6.07, 6.45) is 0. The molecule has 0 aliphatic rings. The summed E-state index contributed by atoms with van der Waals surface area (Å²) in [6.45, 7) is 0. The predicted octanol–water partition coefficient (Wildman–Crippen LogP) is 16.1. The summed E-state index contributed by atoms with van der Waals surface area (Å²) in [5.41, 5.74) is 13.4. The fourth-order valence-electron chi connectivity index (χ4n) is 9.18. The number of hydrogen-bond acceptors (Lipinski definition) is 0. The Morgan fingerprint density at radius 1 is 0.203 bits per heavy atom. The molecule has 0 bridgehead atoms. The van der Waals surface area contributed by atoms with Crippen LogP contribution in [0.15, 0.2) is 224 Å². The molecule has 0 spiro atoms. The number of rotatable bonds is 5. The van der Waals surface area contributed by atoms with Crippen molar-refractivity contribution in [2.24, 2.45) is 0 Å². The van der Waals surface area contributed by atoms with Crippen molar-refractivity contribution in [2.75, 3.05) is 0 Å². The van der Waals surface area contributed by atoms with Crippen LogP contribution in [0.25, 0.3) is 115 Å². The summed E-state index contributed by atoms with van der Waals surface area (Å²) in [6, 6.07) is 82.6. The van der Waals surface area contributed by atoms with Gasteiger partial charge in [-0.2, -0.15) is 0 Å². The van der Waals surface area contributed by atoms with Gasteiger partial charge in [0.25, 0.3) is 0 Å². The second-order valence-corrected chi connectivity index (χ2v) is 15.8. The first kappa shape index (κ1) is 33.4. The summed E-state index contributed by atoms with van der Waals surface area (Å²) < 4.78 is 2.42. The highest BCUT2D eigenvalue weighted by Crippen LogP contribution is 2.37. The van der Waals surface area contributed by atoms with Gasteiger partial charge in [-0.15, -0.1) is 0 Å². The molecular formula is C58H37N. The molecular weight excluding hydrogens is 711 g/mol. The van der Waals surface area contributed by atoms with Crippen molar-refractivity contribution in [2.45, 2.75) is 0 Å². The van der Waals surface area contributed by atoms with Gasteiger partial charge in [0.2, 0.25) is 0 Å². The number of nitrogens with zero attached hydrogens (tertiary/aromatic N) is 1. The monoisotopic (exact) mass is 747 g/mol. The molecule has 0 atom stereocenters. The average molecular weight is 748 g/mol. The van der Waals surface area contributed by atoms with Crippen LogP contribution in [0.5, 0.6) is 0 Å². The van der Waals surface area contributed by atoms with Crippen molar-refractivity contribution < 1.29 is 0 Å². The Morgan fingerprint density at radius 3 is 1.08 bits per heavy atom. The van der Waals surface area contributed by atoms with Gasteiger partial charge in [-0.05, 0) is 148 Å². The normalized spacial score (nSPS) is 11.7. The van der Waals surface area contributed by atoms with E-state index in [0.29, 0.717) is 0 Å². The van der Waals surface area contributed by atoms with E-state index in [0.717, 1.165) is 0 Å². The SMILES string of the molecule is c1ccc2cc(-c3ccc4cc(-c5ccc(-c6ccc7c(c6)c6ccccc6n7-c6ccc7cc(-c8ccc9ccccc9c8)ccc7c6)cc5)ccc4c3)ccc2c1. The summed E-state index contributed by atoms with van der Waals surface area (Å²) in [4.78, 5) is 0. The van der Waals surface area contributed by atoms with Crippen LogP contribution in [-0.4, -0.2) is 4.57 Å². The Morgan fingerprint density at radius 2 is 0.542 bits per heavy atom. The van der Waals surface area contributed by atoms with E-state index in [4.69, 9.17) is 0 Å². The molecule has 0 N–H and O–H groups in total. The zero-order valence-corrected chi connectivity index (χ0v) is 32.3. The van der Waals surface area contributed by atoms with Gasteiger partial charge in [0.1, 0.15) is 0 Å². The van der Waals surface area contributed by atoms with Crippen LogP contribution in [0.1, 0.15) is 0 Å². The second kappa shape index (κ2) is 13.4. The van der Waals surface area contributed by atoms with Crippen LogP contribution in [0.4, 0.5) is 0 Å². The minimum absolute atomic E-state index is 1.17. The Labute approximate surface area is 342 Å². The molecule has 12 aromatic rings. The lowest BCUT2D eigenvalue weighted by Gasteiger charge is -2.11. The van der Waals surface area contributed by atoms with Crippen LogP contribution in [0.3, 0.4) is 0 Å². The molecule has 59 heavy (non-hydrogen) atoms. The third-order valence-electron chi connectivity index (χ3n) is 12.3. The quantitative estimate of drug-likeness (QED) is 0.165. The van der Waals surface area contributed by atoms with Crippen LogP contribution in [0, 0.1) is 0 Å². The molecule has 0 saturated heterocycles. The van der Waals surface area contributed by atoms with Gasteiger partial charge >= 0.3 is 0 Å². The molecule has 0 radical (unpaired) electrons. The van der Waals surface area contributed by atoms with Crippen LogP contribution >= 0.6 is 0 Å². The molecule has 11 aromatic carbocycles. The minimum atomic E-state index is 1.17. The van der Waals surface area contributed by atoms with Crippen molar-refractivity contribution in [3.63, 3.8) is 0 Å². The molecule has 1 heteroatoms. The summed E-state index contributed by atoms with van der Waals surface area (Å²) in [5, 5.41) is 12.5. The first-order chi connectivity index (χ1) is 29.2. The first-order valence-corrected chi connectivity index (χ1v) is 20.4. The molecule has 274 valence electrons. The zero-order chi connectivity index (χ0) is 38.9. The average Bonchev–Trinajstić information content (AvgIpc) is 3.64. The topological polar surface area (TPSA) is 4.93 Å². The van der Waals surface area contributed by atoms with Gasteiger partial charge in [-0.25, -0.2) is 0 Å². The second-order valence-electron chi connectivity index (χ2n) is 15.8. The molecule has 1 nitrogen and oxygen atoms in total. The van der Waals surface area contributed by atoms with Gasteiger partial charge in [-0.1, -0.05) is 164 Å².